The van der Waals surface area contributed by atoms with Crippen molar-refractivity contribution in [1.82, 2.24) is 29.7 Å². The van der Waals surface area contributed by atoms with Crippen LogP contribution in [-0.2, 0) is 11.0 Å². The number of para-hydroxylation sites is 1. The van der Waals surface area contributed by atoms with Gasteiger partial charge >= 0.3 is 0 Å². The zero-order valence-electron chi connectivity index (χ0n) is 21.7. The van der Waals surface area contributed by atoms with Gasteiger partial charge in [0.05, 0.1) is 37.6 Å². The van der Waals surface area contributed by atoms with Gasteiger partial charge in [-0.05, 0) is 37.6 Å². The van der Waals surface area contributed by atoms with Gasteiger partial charge in [-0.15, -0.1) is 10.2 Å². The number of aliphatic hydroxyl groups is 1. The Hall–Kier alpha value is -3.90. The highest BCUT2D eigenvalue weighted by Crippen LogP contribution is 2.37. The van der Waals surface area contributed by atoms with Crippen molar-refractivity contribution in [2.75, 3.05) is 24.7 Å². The van der Waals surface area contributed by atoms with E-state index in [2.05, 4.69) is 29.9 Å². The number of hydrogen-bond donors (Lipinski definition) is 2. The van der Waals surface area contributed by atoms with Crippen molar-refractivity contribution in [2.24, 2.45) is 0 Å². The molecular weight excluding hydrogens is 494 g/mol. The number of methoxy groups -OCH3 is 2. The lowest BCUT2D eigenvalue weighted by Crippen LogP contribution is -2.18. The third-order valence-electron chi connectivity index (χ3n) is 5.08. The number of benzene rings is 1. The van der Waals surface area contributed by atoms with Crippen LogP contribution in [0.25, 0.3) is 17.1 Å². The molecule has 11 nitrogen and oxygen atoms in total. The molecule has 1 aromatic carbocycles. The van der Waals surface area contributed by atoms with Gasteiger partial charge in [-0.2, -0.15) is 0 Å². The van der Waals surface area contributed by atoms with Gasteiger partial charge in [-0.3, -0.25) is 24.2 Å². The minimum absolute atomic E-state index is 0.144. The molecule has 2 unspecified atom stereocenters. The molecular formula is C25H31N7O4S. The Labute approximate surface area is 218 Å². The summed E-state index contributed by atoms with van der Waals surface area (Å²) in [5.41, 5.74) is 3.19. The highest BCUT2D eigenvalue weighted by Gasteiger charge is 2.24. The fraction of sp³-hybridized carbons (Fsp3) is 0.320. The Bertz CT molecular complexity index is 1320. The van der Waals surface area contributed by atoms with Crippen LogP contribution in [0.5, 0.6) is 11.5 Å². The first kappa shape index (κ1) is 27.7. The molecule has 0 amide bonds. The topological polar surface area (TPSA) is 137 Å². The SMILES string of the molecule is CC.COc1cccc(OC)c1-n1c(NS(=O)CC(O)c2cnc(C)cn2)nnc1-c1cncc(C)c1. The number of nitrogens with one attached hydrogen (secondary N) is 1. The number of hydrogen-bond acceptors (Lipinski definition) is 9. The third kappa shape index (κ3) is 6.46. The molecule has 0 spiro atoms. The van der Waals surface area contributed by atoms with Gasteiger partial charge in [0.1, 0.15) is 34.3 Å². The Morgan fingerprint density at radius 3 is 2.32 bits per heavy atom. The van der Waals surface area contributed by atoms with Crippen molar-refractivity contribution >= 4 is 16.9 Å². The van der Waals surface area contributed by atoms with Crippen molar-refractivity contribution in [1.29, 1.82) is 0 Å². The zero-order chi connectivity index (χ0) is 26.9. The van der Waals surface area contributed by atoms with Crippen molar-refractivity contribution in [3.05, 3.63) is 66.0 Å². The molecule has 196 valence electrons. The lowest BCUT2D eigenvalue weighted by Gasteiger charge is -2.18. The van der Waals surface area contributed by atoms with Crippen LogP contribution in [0.4, 0.5) is 5.95 Å². The fourth-order valence-electron chi connectivity index (χ4n) is 3.43. The van der Waals surface area contributed by atoms with E-state index in [1.807, 2.05) is 26.8 Å². The second-order valence-electron chi connectivity index (χ2n) is 7.66. The molecule has 37 heavy (non-hydrogen) atoms. The Kier molecular flexibility index (Phi) is 9.64. The number of ether oxygens (including phenoxy) is 2. The molecule has 0 aliphatic carbocycles. The van der Waals surface area contributed by atoms with E-state index in [1.165, 1.54) is 6.20 Å². The number of rotatable bonds is 9. The Morgan fingerprint density at radius 1 is 1.03 bits per heavy atom. The van der Waals surface area contributed by atoms with Crippen molar-refractivity contribution in [3.63, 3.8) is 0 Å². The van der Waals surface area contributed by atoms with Gasteiger partial charge in [-0.1, -0.05) is 19.9 Å². The third-order valence-corrected chi connectivity index (χ3v) is 6.11. The normalized spacial score (nSPS) is 12.2. The molecule has 0 radical (unpaired) electrons. The quantitative estimate of drug-likeness (QED) is 0.336. The fourth-order valence-corrected chi connectivity index (χ4v) is 4.30. The molecule has 0 aliphatic rings. The first-order chi connectivity index (χ1) is 17.9. The van der Waals surface area contributed by atoms with E-state index in [4.69, 9.17) is 9.47 Å². The summed E-state index contributed by atoms with van der Waals surface area (Å²) in [4.78, 5) is 12.5. The molecule has 2 N–H and O–H groups in total. The van der Waals surface area contributed by atoms with Crippen LogP contribution in [0.15, 0.2) is 49.1 Å². The summed E-state index contributed by atoms with van der Waals surface area (Å²) < 4.78 is 28.7. The molecule has 4 aromatic rings. The maximum atomic E-state index is 13.0. The first-order valence-electron chi connectivity index (χ1n) is 11.6. The summed E-state index contributed by atoms with van der Waals surface area (Å²) in [6.45, 7) is 7.72. The zero-order valence-corrected chi connectivity index (χ0v) is 22.5. The monoisotopic (exact) mass is 525 g/mol. The number of pyridine rings is 1. The van der Waals surface area contributed by atoms with Gasteiger partial charge in [-0.25, -0.2) is 4.21 Å². The predicted molar refractivity (Wildman–Crippen MR) is 142 cm³/mol. The molecule has 4 rings (SSSR count). The summed E-state index contributed by atoms with van der Waals surface area (Å²) in [5.74, 6) is 1.46. The molecule has 0 saturated carbocycles. The van der Waals surface area contributed by atoms with Crippen LogP contribution in [0.1, 0.15) is 36.9 Å². The lowest BCUT2D eigenvalue weighted by molar-refractivity contribution is 0.197. The standard InChI is InChI=1S/C23H25N7O4S.C2H6/c1-14-8-16(11-24-9-14)22-27-28-23(30(22)21-19(33-3)6-5-7-20(21)34-4)29-35(32)13-18(31)17-12-25-15(2)10-26-17;1-2/h5-12,18,31H,13H2,1-4H3,(H,28,29);1-2H3. The van der Waals surface area contributed by atoms with E-state index in [0.717, 1.165) is 11.3 Å². The minimum atomic E-state index is -1.74. The first-order valence-corrected chi connectivity index (χ1v) is 12.9. The summed E-state index contributed by atoms with van der Waals surface area (Å²) in [5, 5.41) is 19.1. The van der Waals surface area contributed by atoms with Crippen LogP contribution < -0.4 is 14.2 Å². The summed E-state index contributed by atoms with van der Waals surface area (Å²) in [6, 6.07) is 7.26. The second kappa shape index (κ2) is 12.9. The summed E-state index contributed by atoms with van der Waals surface area (Å²) in [6.07, 6.45) is 5.31. The van der Waals surface area contributed by atoms with Gasteiger partial charge in [0.2, 0.25) is 5.95 Å². The van der Waals surface area contributed by atoms with Gasteiger partial charge in [0, 0.05) is 24.2 Å². The van der Waals surface area contributed by atoms with E-state index < -0.39 is 17.1 Å². The van der Waals surface area contributed by atoms with Gasteiger partial charge < -0.3 is 14.6 Å². The molecule has 3 heterocycles. The molecule has 2 atom stereocenters. The van der Waals surface area contributed by atoms with Crippen molar-refractivity contribution in [2.45, 2.75) is 33.8 Å². The number of anilines is 1. The molecule has 12 heteroatoms. The van der Waals surface area contributed by atoms with Crippen LogP contribution in [-0.4, -0.2) is 59.0 Å². The minimum Gasteiger partial charge on any atom is -0.494 e. The smallest absolute Gasteiger partial charge is 0.241 e. The highest BCUT2D eigenvalue weighted by atomic mass is 32.2. The van der Waals surface area contributed by atoms with Crippen LogP contribution >= 0.6 is 0 Å². The molecule has 0 saturated heterocycles. The maximum Gasteiger partial charge on any atom is 0.241 e. The summed E-state index contributed by atoms with van der Waals surface area (Å²) >= 11 is 0. The van der Waals surface area contributed by atoms with Gasteiger partial charge in [0.15, 0.2) is 5.82 Å². The van der Waals surface area contributed by atoms with E-state index in [-0.39, 0.29) is 11.7 Å². The lowest BCUT2D eigenvalue weighted by atomic mass is 10.2. The molecule has 0 fully saturated rings. The predicted octanol–water partition coefficient (Wildman–Crippen LogP) is 3.59. The van der Waals surface area contributed by atoms with Gasteiger partial charge in [0.25, 0.3) is 0 Å². The average molecular weight is 526 g/mol. The number of aromatic nitrogens is 6. The van der Waals surface area contributed by atoms with Crippen molar-refractivity contribution < 1.29 is 18.8 Å². The Balaban J connectivity index is 0.00000186. The van der Waals surface area contributed by atoms with Crippen molar-refractivity contribution in [3.8, 4) is 28.6 Å². The summed E-state index contributed by atoms with van der Waals surface area (Å²) in [7, 11) is 1.34. The van der Waals surface area contributed by atoms with Crippen LogP contribution in [0, 0.1) is 13.8 Å². The Morgan fingerprint density at radius 2 is 1.73 bits per heavy atom. The van der Waals surface area contributed by atoms with E-state index >= 15 is 0 Å². The van der Waals surface area contributed by atoms with E-state index in [9.17, 15) is 9.32 Å². The maximum absolute atomic E-state index is 13.0. The largest absolute Gasteiger partial charge is 0.494 e. The highest BCUT2D eigenvalue weighted by molar-refractivity contribution is 7.86. The van der Waals surface area contributed by atoms with Crippen LogP contribution in [0.3, 0.4) is 0 Å². The molecule has 0 bridgehead atoms. The molecule has 0 aliphatic heterocycles. The second-order valence-corrected chi connectivity index (χ2v) is 8.89. The number of nitrogens with zero attached hydrogens (tertiary/aromatic N) is 6. The van der Waals surface area contributed by atoms with E-state index in [1.54, 1.807) is 62.5 Å². The number of aryl methyl sites for hydroxylation is 2. The average Bonchev–Trinajstić information content (AvgIpc) is 3.32. The van der Waals surface area contributed by atoms with E-state index in [0.29, 0.717) is 34.3 Å². The number of aliphatic hydroxyl groups excluding tert-OH is 1. The van der Waals surface area contributed by atoms with Crippen LogP contribution in [0.2, 0.25) is 0 Å². The molecule has 3 aromatic heterocycles.